The van der Waals surface area contributed by atoms with Crippen LogP contribution in [0, 0.1) is 5.92 Å². The first-order chi connectivity index (χ1) is 8.67. The summed E-state index contributed by atoms with van der Waals surface area (Å²) >= 11 is 0. The van der Waals surface area contributed by atoms with Gasteiger partial charge in [-0.15, -0.1) is 0 Å². The summed E-state index contributed by atoms with van der Waals surface area (Å²) in [6.07, 6.45) is -1.57. The van der Waals surface area contributed by atoms with Crippen LogP contribution in [-0.4, -0.2) is 27.9 Å². The zero-order valence-electron chi connectivity index (χ0n) is 10.7. The Labute approximate surface area is 109 Å². The van der Waals surface area contributed by atoms with Gasteiger partial charge in [0.05, 0.1) is 17.9 Å². The molecule has 0 aliphatic heterocycles. The molecular weight excluding hydrogens is 261 g/mol. The minimum absolute atomic E-state index is 0.202. The Kier molecular flexibility index (Phi) is 4.93. The third-order valence-corrected chi connectivity index (χ3v) is 2.30. The molecule has 1 heterocycles. The van der Waals surface area contributed by atoms with E-state index >= 15 is 0 Å². The van der Waals surface area contributed by atoms with Crippen molar-refractivity contribution in [3.05, 3.63) is 12.4 Å². The highest BCUT2D eigenvalue weighted by Crippen LogP contribution is 2.18. The number of aromatic nitrogens is 2. The molecule has 0 saturated heterocycles. The van der Waals surface area contributed by atoms with E-state index < -0.39 is 24.7 Å². The van der Waals surface area contributed by atoms with Crippen LogP contribution in [-0.2, 0) is 11.3 Å². The maximum Gasteiger partial charge on any atom is 0.408 e. The number of nitrogens with two attached hydrogens (primary N) is 1. The van der Waals surface area contributed by atoms with Crippen molar-refractivity contribution in [1.29, 1.82) is 0 Å². The van der Waals surface area contributed by atoms with E-state index in [1.165, 1.54) is 0 Å². The molecule has 0 aliphatic rings. The van der Waals surface area contributed by atoms with Gasteiger partial charge < -0.3 is 11.1 Å². The second-order valence-electron chi connectivity index (χ2n) is 4.77. The molecule has 1 atom stereocenters. The largest absolute Gasteiger partial charge is 0.408 e. The maximum absolute atomic E-state index is 12.1. The van der Waals surface area contributed by atoms with Crippen LogP contribution < -0.4 is 11.1 Å². The lowest BCUT2D eigenvalue weighted by molar-refractivity contribution is -0.142. The third kappa shape index (κ3) is 5.73. The Hall–Kier alpha value is -1.57. The smallest absolute Gasteiger partial charge is 0.322 e. The Morgan fingerprint density at radius 2 is 2.16 bits per heavy atom. The lowest BCUT2D eigenvalue weighted by Crippen LogP contribution is -2.36. The average Bonchev–Trinajstić information content (AvgIpc) is 2.61. The molecule has 0 aliphatic carbocycles. The first kappa shape index (κ1) is 15.5. The molecule has 108 valence electrons. The van der Waals surface area contributed by atoms with Gasteiger partial charge in [-0.1, -0.05) is 13.8 Å². The molecule has 0 saturated carbocycles. The van der Waals surface area contributed by atoms with Crippen LogP contribution in [0.15, 0.2) is 12.4 Å². The number of hydrogen-bond donors (Lipinski definition) is 2. The average molecular weight is 278 g/mol. The standard InChI is InChI=1S/C11H17F3N4O/c1-7(2)3-9(15)10(19)17-8-4-16-18(5-8)6-11(12,13)14/h4-5,7,9H,3,6,15H2,1-2H3,(H,17,19)/t9-/m0/s1. The van der Waals surface area contributed by atoms with Crippen molar-refractivity contribution in [3.63, 3.8) is 0 Å². The van der Waals surface area contributed by atoms with Crippen LogP contribution in [0.1, 0.15) is 20.3 Å². The van der Waals surface area contributed by atoms with Crippen molar-refractivity contribution in [1.82, 2.24) is 9.78 Å². The number of alkyl halides is 3. The predicted molar refractivity (Wildman–Crippen MR) is 64.3 cm³/mol. The molecule has 0 unspecified atom stereocenters. The van der Waals surface area contributed by atoms with Crippen molar-refractivity contribution >= 4 is 11.6 Å². The normalized spacial score (nSPS) is 13.6. The van der Waals surface area contributed by atoms with Crippen molar-refractivity contribution in [3.8, 4) is 0 Å². The number of anilines is 1. The highest BCUT2D eigenvalue weighted by molar-refractivity contribution is 5.94. The topological polar surface area (TPSA) is 72.9 Å². The minimum atomic E-state index is -4.35. The van der Waals surface area contributed by atoms with Gasteiger partial charge in [0, 0.05) is 6.20 Å². The number of nitrogens with zero attached hydrogens (tertiary/aromatic N) is 2. The summed E-state index contributed by atoms with van der Waals surface area (Å²) in [5.41, 5.74) is 5.86. The fourth-order valence-corrected chi connectivity index (χ4v) is 1.55. The van der Waals surface area contributed by atoms with E-state index in [0.29, 0.717) is 11.1 Å². The fourth-order valence-electron chi connectivity index (χ4n) is 1.55. The number of halogens is 3. The molecule has 0 bridgehead atoms. The van der Waals surface area contributed by atoms with E-state index in [2.05, 4.69) is 10.4 Å². The number of carbonyl (C=O) groups is 1. The van der Waals surface area contributed by atoms with Crippen LogP contribution >= 0.6 is 0 Å². The fraction of sp³-hybridized carbons (Fsp3) is 0.636. The highest BCUT2D eigenvalue weighted by Gasteiger charge is 2.28. The molecule has 19 heavy (non-hydrogen) atoms. The summed E-state index contributed by atoms with van der Waals surface area (Å²) in [6.45, 7) is 2.66. The molecule has 5 nitrogen and oxygen atoms in total. The van der Waals surface area contributed by atoms with Crippen molar-refractivity contribution in [2.75, 3.05) is 5.32 Å². The minimum Gasteiger partial charge on any atom is -0.322 e. The van der Waals surface area contributed by atoms with Crippen LogP contribution in [0.5, 0.6) is 0 Å². The van der Waals surface area contributed by atoms with Gasteiger partial charge in [-0.3, -0.25) is 9.48 Å². The Bertz CT molecular complexity index is 428. The van der Waals surface area contributed by atoms with Crippen molar-refractivity contribution in [2.45, 2.75) is 39.0 Å². The van der Waals surface area contributed by atoms with Gasteiger partial charge in [0.25, 0.3) is 0 Å². The molecule has 8 heteroatoms. The summed E-state index contributed by atoms with van der Waals surface area (Å²) in [5.74, 6) is -0.172. The van der Waals surface area contributed by atoms with Gasteiger partial charge in [0.1, 0.15) is 6.54 Å². The second-order valence-corrected chi connectivity index (χ2v) is 4.77. The number of nitrogens with one attached hydrogen (secondary N) is 1. The molecule has 0 aromatic carbocycles. The van der Waals surface area contributed by atoms with Gasteiger partial charge in [0.15, 0.2) is 0 Å². The zero-order chi connectivity index (χ0) is 14.6. The van der Waals surface area contributed by atoms with Crippen molar-refractivity contribution < 1.29 is 18.0 Å². The summed E-state index contributed by atoms with van der Waals surface area (Å²) in [6, 6.07) is -0.689. The van der Waals surface area contributed by atoms with Crippen molar-refractivity contribution in [2.24, 2.45) is 11.7 Å². The summed E-state index contributed by atoms with van der Waals surface area (Å²) in [7, 11) is 0. The molecular formula is C11H17F3N4O. The molecule has 0 spiro atoms. The number of rotatable bonds is 5. The van der Waals surface area contributed by atoms with Crippen LogP contribution in [0.25, 0.3) is 0 Å². The molecule has 1 rings (SSSR count). The number of hydrogen-bond acceptors (Lipinski definition) is 3. The van der Waals surface area contributed by atoms with Gasteiger partial charge >= 0.3 is 6.18 Å². The van der Waals surface area contributed by atoms with E-state index in [-0.39, 0.29) is 11.6 Å². The molecule has 1 amide bonds. The highest BCUT2D eigenvalue weighted by atomic mass is 19.4. The first-order valence-electron chi connectivity index (χ1n) is 5.83. The summed E-state index contributed by atoms with van der Waals surface area (Å²) in [5, 5.41) is 5.95. The Morgan fingerprint density at radius 3 is 2.68 bits per heavy atom. The van der Waals surface area contributed by atoms with E-state index in [1.807, 2.05) is 13.8 Å². The number of carbonyl (C=O) groups excluding carboxylic acids is 1. The maximum atomic E-state index is 12.1. The van der Waals surface area contributed by atoms with Gasteiger partial charge in [-0.05, 0) is 12.3 Å². The van der Waals surface area contributed by atoms with Gasteiger partial charge in [0.2, 0.25) is 5.91 Å². The second kappa shape index (κ2) is 6.05. The van der Waals surface area contributed by atoms with E-state index in [1.54, 1.807) is 0 Å². The van der Waals surface area contributed by atoms with E-state index in [4.69, 9.17) is 5.73 Å². The molecule has 1 aromatic rings. The van der Waals surface area contributed by atoms with Gasteiger partial charge in [-0.2, -0.15) is 18.3 Å². The van der Waals surface area contributed by atoms with Gasteiger partial charge in [-0.25, -0.2) is 0 Å². The van der Waals surface area contributed by atoms with E-state index in [0.717, 1.165) is 12.4 Å². The Balaban J connectivity index is 2.56. The quantitative estimate of drug-likeness (QED) is 0.862. The SMILES string of the molecule is CC(C)C[C@H](N)C(=O)Nc1cnn(CC(F)(F)F)c1. The van der Waals surface area contributed by atoms with Crippen LogP contribution in [0.3, 0.4) is 0 Å². The summed E-state index contributed by atoms with van der Waals surface area (Å²) < 4.78 is 37.1. The molecule has 0 fully saturated rings. The Morgan fingerprint density at radius 1 is 1.53 bits per heavy atom. The van der Waals surface area contributed by atoms with E-state index in [9.17, 15) is 18.0 Å². The summed E-state index contributed by atoms with van der Waals surface area (Å²) in [4.78, 5) is 11.6. The lowest BCUT2D eigenvalue weighted by Gasteiger charge is -2.13. The van der Waals surface area contributed by atoms with Crippen LogP contribution in [0.2, 0.25) is 0 Å². The predicted octanol–water partition coefficient (Wildman–Crippen LogP) is 1.76. The first-order valence-corrected chi connectivity index (χ1v) is 5.83. The monoisotopic (exact) mass is 278 g/mol. The third-order valence-electron chi connectivity index (χ3n) is 2.30. The lowest BCUT2D eigenvalue weighted by atomic mass is 10.0. The van der Waals surface area contributed by atoms with Crippen LogP contribution in [0.4, 0.5) is 18.9 Å². The number of amides is 1. The molecule has 3 N–H and O–H groups in total. The molecule has 1 aromatic heterocycles. The molecule has 0 radical (unpaired) electrons. The zero-order valence-corrected chi connectivity index (χ0v) is 10.7.